The quantitative estimate of drug-likeness (QED) is 0.294. The molecule has 0 aliphatic carbocycles. The zero-order chi connectivity index (χ0) is 20.2. The number of benzene rings is 1. The Labute approximate surface area is 176 Å². The summed E-state index contributed by atoms with van der Waals surface area (Å²) < 4.78 is 6.30. The Balaban J connectivity index is 1.45. The third-order valence-electron chi connectivity index (χ3n) is 4.57. The van der Waals surface area contributed by atoms with E-state index in [1.165, 1.54) is 23.1 Å². The lowest BCUT2D eigenvalue weighted by Crippen LogP contribution is -2.18. The van der Waals surface area contributed by atoms with Crippen LogP contribution in [0.4, 0.5) is 5.13 Å². The second kappa shape index (κ2) is 8.82. The average Bonchev–Trinajstić information content (AvgIpc) is 3.47. The summed E-state index contributed by atoms with van der Waals surface area (Å²) >= 11 is 2.76. The number of fused-ring (bicyclic) bond motifs is 1. The van der Waals surface area contributed by atoms with E-state index >= 15 is 0 Å². The van der Waals surface area contributed by atoms with Gasteiger partial charge in [0.1, 0.15) is 17.4 Å². The number of aliphatic hydroxyl groups is 1. The summed E-state index contributed by atoms with van der Waals surface area (Å²) in [6, 6.07) is 9.56. The predicted molar refractivity (Wildman–Crippen MR) is 114 cm³/mol. The van der Waals surface area contributed by atoms with Gasteiger partial charge < -0.3 is 20.1 Å². The molecular weight excluding hydrogens is 408 g/mol. The van der Waals surface area contributed by atoms with Crippen molar-refractivity contribution < 1.29 is 9.84 Å². The number of hydrogen-bond donors (Lipinski definition) is 3. The summed E-state index contributed by atoms with van der Waals surface area (Å²) in [5.74, 6) is 0.315. The van der Waals surface area contributed by atoms with Crippen LogP contribution in [-0.2, 0) is 4.74 Å². The Hall–Kier alpha value is -2.61. The number of aromatic amines is 1. The fourth-order valence-corrected chi connectivity index (χ4v) is 5.01. The number of nitrogens with zero attached hydrogens (tertiary/aromatic N) is 4. The van der Waals surface area contributed by atoms with Gasteiger partial charge in [0.05, 0.1) is 22.4 Å². The first-order valence-corrected chi connectivity index (χ1v) is 11.0. The molecule has 4 rings (SSSR count). The first-order chi connectivity index (χ1) is 14.1. The van der Waals surface area contributed by atoms with Crippen molar-refractivity contribution in [2.45, 2.75) is 35.5 Å². The molecule has 0 bridgehead atoms. The molecule has 1 aliphatic heterocycles. The Bertz CT molecular complexity index is 1030. The topological polar surface area (TPSA) is 120 Å². The molecule has 1 aliphatic rings. The molecule has 0 saturated carbocycles. The number of ether oxygens (including phenoxy) is 1. The number of anilines is 1. The van der Waals surface area contributed by atoms with Gasteiger partial charge >= 0.3 is 0 Å². The number of allylic oxidation sites excluding steroid dienone is 1. The van der Waals surface area contributed by atoms with Gasteiger partial charge in [0, 0.05) is 13.2 Å². The van der Waals surface area contributed by atoms with Gasteiger partial charge in [0.2, 0.25) is 5.13 Å². The van der Waals surface area contributed by atoms with E-state index in [1.807, 2.05) is 31.2 Å². The lowest BCUT2D eigenvalue weighted by atomic mass is 10.2. The Morgan fingerprint density at radius 2 is 2.34 bits per heavy atom. The van der Waals surface area contributed by atoms with Crippen molar-refractivity contribution in [3.63, 3.8) is 0 Å². The average molecular weight is 429 g/mol. The van der Waals surface area contributed by atoms with Crippen molar-refractivity contribution >= 4 is 44.8 Å². The number of H-pyrrole nitrogens is 1. The van der Waals surface area contributed by atoms with E-state index in [2.05, 4.69) is 31.6 Å². The summed E-state index contributed by atoms with van der Waals surface area (Å²) in [4.78, 5) is 7.49. The molecule has 2 atom stereocenters. The molecule has 0 unspecified atom stereocenters. The molecule has 2 aromatic heterocycles. The minimum atomic E-state index is -0.378. The molecule has 3 heterocycles. The van der Waals surface area contributed by atoms with E-state index in [1.54, 1.807) is 0 Å². The van der Waals surface area contributed by atoms with E-state index in [4.69, 9.17) is 4.74 Å². The number of thioether (sulfide) groups is 1. The van der Waals surface area contributed by atoms with Gasteiger partial charge in [-0.3, -0.25) is 0 Å². The van der Waals surface area contributed by atoms with Gasteiger partial charge in [-0.05, 0) is 31.9 Å². The van der Waals surface area contributed by atoms with Crippen molar-refractivity contribution in [1.82, 2.24) is 20.2 Å². The van der Waals surface area contributed by atoms with Crippen molar-refractivity contribution in [3.05, 3.63) is 35.8 Å². The standard InChI is InChI=1S/C19H20N6O2S2/c1-11(28-19-25-24-18(29-19)21-10-12-5-4-8-27-12)16(26)13(9-20)17-22-14-6-2-3-7-15(14)23-17/h2-3,6-7,11-12,26H,4-5,8,10H2,1H3,(H,21,24)(H,22,23)/t11-,12-/m1/s1. The summed E-state index contributed by atoms with van der Waals surface area (Å²) in [5.41, 5.74) is 1.69. The van der Waals surface area contributed by atoms with E-state index < -0.39 is 0 Å². The molecule has 150 valence electrons. The number of hydrogen-bond acceptors (Lipinski definition) is 9. The molecule has 0 radical (unpaired) electrons. The fraction of sp³-hybridized carbons (Fsp3) is 0.368. The van der Waals surface area contributed by atoms with Crippen LogP contribution in [0.2, 0.25) is 0 Å². The minimum absolute atomic E-state index is 0.0411. The Morgan fingerprint density at radius 1 is 1.48 bits per heavy atom. The van der Waals surface area contributed by atoms with Crippen molar-refractivity contribution in [3.8, 4) is 6.07 Å². The monoisotopic (exact) mass is 428 g/mol. The summed E-state index contributed by atoms with van der Waals surface area (Å²) in [6.07, 6.45) is 2.38. The second-order valence-electron chi connectivity index (χ2n) is 6.62. The summed E-state index contributed by atoms with van der Waals surface area (Å²) in [7, 11) is 0. The van der Waals surface area contributed by atoms with Crippen LogP contribution in [0, 0.1) is 11.3 Å². The van der Waals surface area contributed by atoms with Crippen molar-refractivity contribution in [1.29, 1.82) is 5.26 Å². The van der Waals surface area contributed by atoms with E-state index in [0.717, 1.165) is 35.6 Å². The van der Waals surface area contributed by atoms with Crippen LogP contribution < -0.4 is 5.32 Å². The van der Waals surface area contributed by atoms with Crippen LogP contribution in [0.5, 0.6) is 0 Å². The van der Waals surface area contributed by atoms with Crippen molar-refractivity contribution in [2.24, 2.45) is 0 Å². The van der Waals surface area contributed by atoms with Crippen LogP contribution >= 0.6 is 23.1 Å². The normalized spacial score (nSPS) is 18.4. The maximum absolute atomic E-state index is 10.7. The van der Waals surface area contributed by atoms with Gasteiger partial charge in [0.25, 0.3) is 0 Å². The van der Waals surface area contributed by atoms with Gasteiger partial charge in [0.15, 0.2) is 10.2 Å². The number of para-hydroxylation sites is 2. The van der Waals surface area contributed by atoms with Crippen LogP contribution in [0.15, 0.2) is 34.4 Å². The summed E-state index contributed by atoms with van der Waals surface area (Å²) in [5, 5.41) is 32.2. The molecule has 8 nitrogen and oxygen atoms in total. The molecule has 0 spiro atoms. The number of aliphatic hydroxyl groups excluding tert-OH is 1. The number of imidazole rings is 1. The molecule has 0 amide bonds. The molecule has 29 heavy (non-hydrogen) atoms. The highest BCUT2D eigenvalue weighted by molar-refractivity contribution is 8.01. The summed E-state index contributed by atoms with van der Waals surface area (Å²) in [6.45, 7) is 3.35. The predicted octanol–water partition coefficient (Wildman–Crippen LogP) is 3.98. The first-order valence-electron chi connectivity index (χ1n) is 9.28. The number of nitrogens with one attached hydrogen (secondary N) is 2. The lowest BCUT2D eigenvalue weighted by molar-refractivity contribution is 0.120. The van der Waals surface area contributed by atoms with Gasteiger partial charge in [-0.15, -0.1) is 10.2 Å². The maximum atomic E-state index is 10.7. The second-order valence-corrected chi connectivity index (χ2v) is 9.19. The van der Waals surface area contributed by atoms with Gasteiger partial charge in [-0.25, -0.2) is 4.98 Å². The van der Waals surface area contributed by atoms with Crippen LogP contribution in [-0.4, -0.2) is 49.8 Å². The lowest BCUT2D eigenvalue weighted by Gasteiger charge is -2.09. The molecule has 1 fully saturated rings. The SMILES string of the molecule is C[C@@H](Sc1nnc(NC[C@H]2CCCO2)s1)C(O)=C(C#N)c1nc2ccccc2[nH]1. The van der Waals surface area contributed by atoms with Crippen LogP contribution in [0.3, 0.4) is 0 Å². The van der Waals surface area contributed by atoms with Crippen molar-refractivity contribution in [2.75, 3.05) is 18.5 Å². The number of aromatic nitrogens is 4. The third kappa shape index (κ3) is 4.53. The Morgan fingerprint density at radius 3 is 3.10 bits per heavy atom. The van der Waals surface area contributed by atoms with E-state index in [-0.39, 0.29) is 22.7 Å². The van der Waals surface area contributed by atoms with E-state index in [9.17, 15) is 10.4 Å². The fourth-order valence-electron chi connectivity index (χ4n) is 3.05. The largest absolute Gasteiger partial charge is 0.510 e. The molecule has 1 aromatic carbocycles. The molecule has 3 N–H and O–H groups in total. The molecule has 10 heteroatoms. The van der Waals surface area contributed by atoms with Crippen LogP contribution in [0.1, 0.15) is 25.6 Å². The molecule has 1 saturated heterocycles. The van der Waals surface area contributed by atoms with Gasteiger partial charge in [-0.1, -0.05) is 35.2 Å². The Kier molecular flexibility index (Phi) is 5.99. The smallest absolute Gasteiger partial charge is 0.206 e. The third-order valence-corrected chi connectivity index (χ3v) is 6.64. The number of rotatable bonds is 7. The van der Waals surface area contributed by atoms with Gasteiger partial charge in [-0.2, -0.15) is 5.26 Å². The highest BCUT2D eigenvalue weighted by atomic mass is 32.2. The highest BCUT2D eigenvalue weighted by Crippen LogP contribution is 2.33. The molecular formula is C19H20N6O2S2. The highest BCUT2D eigenvalue weighted by Gasteiger charge is 2.21. The molecule has 3 aromatic rings. The van der Waals surface area contributed by atoms with Crippen LogP contribution in [0.25, 0.3) is 16.6 Å². The zero-order valence-corrected chi connectivity index (χ0v) is 17.4. The minimum Gasteiger partial charge on any atom is -0.510 e. The first kappa shape index (κ1) is 19.7. The zero-order valence-electron chi connectivity index (χ0n) is 15.8. The number of nitriles is 1. The van der Waals surface area contributed by atoms with E-state index in [0.29, 0.717) is 16.7 Å². The maximum Gasteiger partial charge on any atom is 0.206 e.